The van der Waals surface area contributed by atoms with Crippen LogP contribution < -0.4 is 4.72 Å². The van der Waals surface area contributed by atoms with Gasteiger partial charge in [-0.2, -0.15) is 5.26 Å². The Morgan fingerprint density at radius 3 is 2.31 bits per heavy atom. The Balaban J connectivity index is 1.47. The van der Waals surface area contributed by atoms with Crippen molar-refractivity contribution in [1.82, 2.24) is 14.5 Å². The summed E-state index contributed by atoms with van der Waals surface area (Å²) < 4.78 is 27.1. The van der Waals surface area contributed by atoms with E-state index in [4.69, 9.17) is 0 Å². The second kappa shape index (κ2) is 9.24. The quantitative estimate of drug-likeness (QED) is 0.694. The molecule has 1 atom stereocenters. The Morgan fingerprint density at radius 1 is 1.17 bits per heavy atom. The molecule has 1 aromatic carbocycles. The number of benzene rings is 1. The Labute approximate surface area is 173 Å². The monoisotopic (exact) mass is 418 g/mol. The van der Waals surface area contributed by atoms with Crippen LogP contribution in [0.25, 0.3) is 0 Å². The fraction of sp³-hybridized carbons (Fsp3) is 0.619. The topological polar surface area (TPSA) is 93.5 Å². The van der Waals surface area contributed by atoms with Crippen molar-refractivity contribution in [1.29, 1.82) is 5.26 Å². The third-order valence-electron chi connectivity index (χ3n) is 5.58. The number of hydrogen-bond acceptors (Lipinski definition) is 5. The van der Waals surface area contributed by atoms with E-state index in [0.717, 1.165) is 31.5 Å². The van der Waals surface area contributed by atoms with Gasteiger partial charge in [0.25, 0.3) is 0 Å². The molecule has 1 heterocycles. The Hall–Kier alpha value is -1.95. The molecule has 8 heteroatoms. The minimum absolute atomic E-state index is 0.0849. The molecular formula is C21H30N4O3S. The van der Waals surface area contributed by atoms with Gasteiger partial charge in [-0.25, -0.2) is 13.1 Å². The van der Waals surface area contributed by atoms with E-state index in [1.165, 1.54) is 0 Å². The second-order valence-electron chi connectivity index (χ2n) is 8.27. The maximum atomic E-state index is 12.5. The van der Waals surface area contributed by atoms with Crippen LogP contribution in [0, 0.1) is 17.2 Å². The number of sulfonamides is 1. The molecule has 1 amide bonds. The van der Waals surface area contributed by atoms with Crippen LogP contribution in [0.5, 0.6) is 0 Å². The first-order valence-corrected chi connectivity index (χ1v) is 11.8. The lowest BCUT2D eigenvalue weighted by Crippen LogP contribution is -2.52. The number of carbonyl (C=O) groups is 1. The zero-order valence-electron chi connectivity index (χ0n) is 17.2. The van der Waals surface area contributed by atoms with Crippen LogP contribution in [0.15, 0.2) is 29.2 Å². The molecule has 1 N–H and O–H groups in total. The van der Waals surface area contributed by atoms with E-state index in [1.807, 2.05) is 18.7 Å². The van der Waals surface area contributed by atoms with Gasteiger partial charge in [-0.1, -0.05) is 26.0 Å². The largest absolute Gasteiger partial charge is 0.340 e. The van der Waals surface area contributed by atoms with Crippen LogP contribution in [-0.2, 0) is 21.2 Å². The van der Waals surface area contributed by atoms with Crippen molar-refractivity contribution in [3.63, 3.8) is 0 Å². The molecule has 1 aromatic rings. The maximum absolute atomic E-state index is 12.5. The lowest BCUT2D eigenvalue weighted by atomic mass is 10.0. The summed E-state index contributed by atoms with van der Waals surface area (Å²) in [5, 5.41) is 9.34. The molecule has 0 spiro atoms. The molecule has 29 heavy (non-hydrogen) atoms. The van der Waals surface area contributed by atoms with Gasteiger partial charge in [0.1, 0.15) is 6.04 Å². The number of amides is 1. The Morgan fingerprint density at radius 2 is 1.79 bits per heavy atom. The van der Waals surface area contributed by atoms with Gasteiger partial charge in [0, 0.05) is 38.6 Å². The van der Waals surface area contributed by atoms with E-state index in [1.54, 1.807) is 24.3 Å². The molecule has 0 aromatic heterocycles. The Bertz CT molecular complexity index is 849. The van der Waals surface area contributed by atoms with Crippen LogP contribution in [-0.4, -0.2) is 62.4 Å². The summed E-state index contributed by atoms with van der Waals surface area (Å²) in [6.45, 7) is 6.83. The first-order chi connectivity index (χ1) is 13.8. The van der Waals surface area contributed by atoms with E-state index < -0.39 is 10.0 Å². The van der Waals surface area contributed by atoms with Crippen molar-refractivity contribution < 1.29 is 13.2 Å². The van der Waals surface area contributed by atoms with E-state index in [-0.39, 0.29) is 28.8 Å². The SMILES string of the molecule is CC(C)C(C#N)N1CCN(C(=O)CCc2ccc(S(=O)(=O)NC3CC3)cc2)CC1. The summed E-state index contributed by atoms with van der Waals surface area (Å²) in [5.74, 6) is 0.378. The number of aryl methyl sites for hydroxylation is 1. The van der Waals surface area contributed by atoms with E-state index in [9.17, 15) is 18.5 Å². The molecule has 2 fully saturated rings. The van der Waals surface area contributed by atoms with Gasteiger partial charge in [0.15, 0.2) is 0 Å². The standard InChI is InChI=1S/C21H30N4O3S/c1-16(2)20(15-22)24-11-13-25(14-12-24)21(26)10-5-17-3-8-19(9-4-17)29(27,28)23-18-6-7-18/h3-4,8-9,16,18,20,23H,5-7,10-14H2,1-2H3. The summed E-state index contributed by atoms with van der Waals surface area (Å²) in [6, 6.07) is 9.14. The predicted octanol–water partition coefficient (Wildman–Crippen LogP) is 1.75. The molecule has 3 rings (SSSR count). The molecular weight excluding hydrogens is 388 g/mol. The maximum Gasteiger partial charge on any atom is 0.240 e. The normalized spacial score (nSPS) is 19.2. The minimum atomic E-state index is -3.44. The summed E-state index contributed by atoms with van der Waals surface area (Å²) in [6.07, 6.45) is 2.80. The highest BCUT2D eigenvalue weighted by atomic mass is 32.2. The van der Waals surface area contributed by atoms with E-state index in [2.05, 4.69) is 15.7 Å². The molecule has 1 saturated carbocycles. The van der Waals surface area contributed by atoms with Gasteiger partial charge in [-0.15, -0.1) is 0 Å². The summed E-state index contributed by atoms with van der Waals surface area (Å²) in [7, 11) is -3.44. The van der Waals surface area contributed by atoms with Crippen molar-refractivity contribution in [2.24, 2.45) is 5.92 Å². The van der Waals surface area contributed by atoms with Crippen LogP contribution in [0.2, 0.25) is 0 Å². The molecule has 7 nitrogen and oxygen atoms in total. The lowest BCUT2D eigenvalue weighted by molar-refractivity contribution is -0.133. The van der Waals surface area contributed by atoms with Crippen molar-refractivity contribution in [2.75, 3.05) is 26.2 Å². The molecule has 1 aliphatic heterocycles. The summed E-state index contributed by atoms with van der Waals surface area (Å²) in [5.41, 5.74) is 0.951. The molecule has 2 aliphatic rings. The third kappa shape index (κ3) is 5.78. The molecule has 1 saturated heterocycles. The number of rotatable bonds is 8. The van der Waals surface area contributed by atoms with Gasteiger partial charge in [0.2, 0.25) is 15.9 Å². The van der Waals surface area contributed by atoms with Gasteiger partial charge < -0.3 is 4.90 Å². The fourth-order valence-electron chi connectivity index (χ4n) is 3.64. The average Bonchev–Trinajstić information content (AvgIpc) is 3.50. The smallest absolute Gasteiger partial charge is 0.240 e. The zero-order chi connectivity index (χ0) is 21.0. The molecule has 1 aliphatic carbocycles. The average molecular weight is 419 g/mol. The minimum Gasteiger partial charge on any atom is -0.340 e. The second-order valence-corrected chi connectivity index (χ2v) is 9.99. The van der Waals surface area contributed by atoms with Crippen molar-refractivity contribution in [3.05, 3.63) is 29.8 Å². The third-order valence-corrected chi connectivity index (χ3v) is 7.12. The highest BCUT2D eigenvalue weighted by molar-refractivity contribution is 7.89. The lowest BCUT2D eigenvalue weighted by Gasteiger charge is -2.38. The number of nitrogens with zero attached hydrogens (tertiary/aromatic N) is 3. The summed E-state index contributed by atoms with van der Waals surface area (Å²) >= 11 is 0. The van der Waals surface area contributed by atoms with Gasteiger partial charge in [-0.05, 0) is 42.9 Å². The van der Waals surface area contributed by atoms with Crippen molar-refractivity contribution in [3.8, 4) is 6.07 Å². The van der Waals surface area contributed by atoms with Crippen LogP contribution in [0.1, 0.15) is 38.7 Å². The highest BCUT2D eigenvalue weighted by Crippen LogP contribution is 2.22. The predicted molar refractivity (Wildman–Crippen MR) is 110 cm³/mol. The van der Waals surface area contributed by atoms with Gasteiger partial charge in [-0.3, -0.25) is 9.69 Å². The van der Waals surface area contributed by atoms with E-state index in [0.29, 0.717) is 25.9 Å². The number of piperazine rings is 1. The molecule has 0 bridgehead atoms. The molecule has 1 unspecified atom stereocenters. The molecule has 158 valence electrons. The van der Waals surface area contributed by atoms with Crippen LogP contribution in [0.4, 0.5) is 0 Å². The highest BCUT2D eigenvalue weighted by Gasteiger charge is 2.28. The number of nitrogens with one attached hydrogen (secondary N) is 1. The fourth-order valence-corrected chi connectivity index (χ4v) is 4.94. The first kappa shape index (κ1) is 21.8. The Kier molecular flexibility index (Phi) is 6.93. The number of carbonyl (C=O) groups excluding carboxylic acids is 1. The van der Waals surface area contributed by atoms with Gasteiger partial charge >= 0.3 is 0 Å². The zero-order valence-corrected chi connectivity index (χ0v) is 18.0. The number of nitriles is 1. The van der Waals surface area contributed by atoms with E-state index >= 15 is 0 Å². The van der Waals surface area contributed by atoms with Crippen LogP contribution >= 0.6 is 0 Å². The molecule has 0 radical (unpaired) electrons. The van der Waals surface area contributed by atoms with Gasteiger partial charge in [0.05, 0.1) is 11.0 Å². The van der Waals surface area contributed by atoms with Crippen molar-refractivity contribution >= 4 is 15.9 Å². The first-order valence-electron chi connectivity index (χ1n) is 10.3. The number of hydrogen-bond donors (Lipinski definition) is 1. The van der Waals surface area contributed by atoms with Crippen LogP contribution in [0.3, 0.4) is 0 Å². The summed E-state index contributed by atoms with van der Waals surface area (Å²) in [4.78, 5) is 16.8. The van der Waals surface area contributed by atoms with Crippen molar-refractivity contribution in [2.45, 2.75) is 56.5 Å².